The Balaban J connectivity index is 0. The SMILES string of the molecule is C1=CC2CC1C1C3[CH-]CC(C3)C21.CC.CC.C[C-](C)S(=O)(=O)[O-].C[C-](C)S(=O)(=O)[O-].[CH-]1CC2CC1C1C3CCC(C3)C21.[CH3+].[CH3+].[Y].[Y]. The molecule has 12 unspecified atom stereocenters. The summed E-state index contributed by atoms with van der Waals surface area (Å²) >= 11 is 0. The van der Waals surface area contributed by atoms with Gasteiger partial charge in [-0.2, -0.15) is 52.4 Å². The van der Waals surface area contributed by atoms with Gasteiger partial charge in [-0.3, -0.25) is 16.8 Å². The molecule has 12 atom stereocenters. The van der Waals surface area contributed by atoms with Crippen LogP contribution >= 0.6 is 0 Å². The number of hydrogen-bond donors (Lipinski definition) is 0. The predicted octanol–water partition coefficient (Wildman–Crippen LogP) is 8.72. The molecule has 0 N–H and O–H groups in total. The molecule has 46 heavy (non-hydrogen) atoms. The van der Waals surface area contributed by atoms with Crippen molar-refractivity contribution in [3.63, 3.8) is 0 Å². The van der Waals surface area contributed by atoms with Gasteiger partial charge < -0.3 is 21.9 Å². The second kappa shape index (κ2) is 21.1. The van der Waals surface area contributed by atoms with Crippen LogP contribution in [0.2, 0.25) is 0 Å². The second-order valence-corrected chi connectivity index (χ2v) is 17.0. The van der Waals surface area contributed by atoms with Crippen LogP contribution in [0.15, 0.2) is 12.2 Å². The van der Waals surface area contributed by atoms with E-state index in [1.165, 1.54) is 70.6 Å². The summed E-state index contributed by atoms with van der Waals surface area (Å²) in [6.45, 7) is 13.1. The summed E-state index contributed by atoms with van der Waals surface area (Å²) in [6, 6.07) is 0. The first-order valence-electron chi connectivity index (χ1n) is 16.6. The average Bonchev–Trinajstić information content (AvgIpc) is 3.80. The van der Waals surface area contributed by atoms with Crippen LogP contribution in [0.25, 0.3) is 0 Å². The van der Waals surface area contributed by atoms with Crippen LogP contribution < -0.4 is 0 Å². The molecule has 0 aliphatic heterocycles. The first-order chi connectivity index (χ1) is 19.8. The number of rotatable bonds is 2. The van der Waals surface area contributed by atoms with Crippen molar-refractivity contribution in [2.24, 2.45) is 71.0 Å². The van der Waals surface area contributed by atoms with Gasteiger partial charge in [-0.15, -0.1) is 0 Å². The van der Waals surface area contributed by atoms with E-state index in [9.17, 15) is 25.9 Å². The first-order valence-corrected chi connectivity index (χ1v) is 19.4. The Hall–Kier alpha value is 1.51. The molecular formula is C36H62O6S2Y2-4. The summed E-state index contributed by atoms with van der Waals surface area (Å²) in [5.41, 5.74) is 0. The molecule has 0 amide bonds. The third-order valence-corrected chi connectivity index (χ3v) is 13.3. The number of hydrogen-bond acceptors (Lipinski definition) is 6. The van der Waals surface area contributed by atoms with Crippen LogP contribution in [0.5, 0.6) is 0 Å². The van der Waals surface area contributed by atoms with Crippen LogP contribution in [0.4, 0.5) is 0 Å². The summed E-state index contributed by atoms with van der Waals surface area (Å²) in [6.07, 6.45) is 22.7. The largest absolute Gasteiger partial charge is 0.774 e. The molecular weight excluding hydrogens is 770 g/mol. The Morgan fingerprint density at radius 3 is 1.28 bits per heavy atom. The van der Waals surface area contributed by atoms with E-state index in [0.717, 1.165) is 47.3 Å². The van der Waals surface area contributed by atoms with E-state index in [4.69, 9.17) is 0 Å². The van der Waals surface area contributed by atoms with E-state index in [0.29, 0.717) is 0 Å². The molecule has 8 aliphatic carbocycles. The first kappa shape index (κ1) is 49.6. The molecule has 7 fully saturated rings. The standard InChI is InChI=1S/C12H17.C12H15.2C3H7O3S.2C2H6.2CH3.2Y/c2*1-2-8-5-7(1)11-9-3-4-10(6-9)12(8)11;2*1-3(2)7(4,5)6;2*1-2;;;;/h1,7-12H,2-6H2;1-3,7-12H,4-6H2;2*1-2H3,(H,4,5,6);2*1-2H3;2*1H3;;/q4*-1;;;2*+1;;/p-2. The molecule has 0 aromatic rings. The molecule has 0 aromatic carbocycles. The monoisotopic (exact) mass is 832 g/mol. The van der Waals surface area contributed by atoms with Crippen LogP contribution in [0, 0.1) is 109 Å². The van der Waals surface area contributed by atoms with Crippen LogP contribution in [-0.4, -0.2) is 25.9 Å². The molecule has 7 saturated carbocycles. The van der Waals surface area contributed by atoms with Gasteiger partial charge in [-0.25, -0.2) is 10.5 Å². The Morgan fingerprint density at radius 1 is 0.565 bits per heavy atom. The molecule has 8 rings (SSSR count). The van der Waals surface area contributed by atoms with E-state index < -0.39 is 20.2 Å². The van der Waals surface area contributed by atoms with Crippen LogP contribution in [-0.2, 0) is 85.7 Å². The van der Waals surface area contributed by atoms with Gasteiger partial charge in [0.2, 0.25) is 0 Å². The zero-order chi connectivity index (χ0) is 31.6. The third kappa shape index (κ3) is 11.3. The molecule has 10 heteroatoms. The molecule has 2 radical (unpaired) electrons. The molecule has 264 valence electrons. The Morgan fingerprint density at radius 2 is 0.913 bits per heavy atom. The fraction of sp³-hybridized carbons (Fsp3) is 0.778. The summed E-state index contributed by atoms with van der Waals surface area (Å²) in [5.74, 6) is 13.3. The Labute approximate surface area is 336 Å². The summed E-state index contributed by atoms with van der Waals surface area (Å²) in [7, 11) is -8.15. The Kier molecular flexibility index (Phi) is 22.8. The van der Waals surface area contributed by atoms with Crippen molar-refractivity contribution < 1.29 is 91.4 Å². The van der Waals surface area contributed by atoms with Crippen molar-refractivity contribution in [1.82, 2.24) is 0 Å². The molecule has 0 spiro atoms. The number of fused-ring (bicyclic) bond motifs is 18. The molecule has 0 heterocycles. The quantitative estimate of drug-likeness (QED) is 0.119. The van der Waals surface area contributed by atoms with Crippen molar-refractivity contribution in [2.75, 3.05) is 0 Å². The van der Waals surface area contributed by atoms with E-state index in [-0.39, 0.29) is 90.8 Å². The van der Waals surface area contributed by atoms with Gasteiger partial charge in [0.15, 0.2) is 0 Å². The summed E-state index contributed by atoms with van der Waals surface area (Å²) in [5, 5.41) is -0.181. The molecule has 8 aliphatic rings. The summed E-state index contributed by atoms with van der Waals surface area (Å²) < 4.78 is 58.4. The molecule has 6 nitrogen and oxygen atoms in total. The maximum atomic E-state index is 9.74. The van der Waals surface area contributed by atoms with Crippen molar-refractivity contribution in [3.05, 3.63) is 50.3 Å². The van der Waals surface area contributed by atoms with Crippen molar-refractivity contribution in [3.8, 4) is 0 Å². The van der Waals surface area contributed by atoms with Gasteiger partial charge in [0.25, 0.3) is 0 Å². The fourth-order valence-electron chi connectivity index (χ4n) is 9.92. The maximum absolute atomic E-state index is 9.74. The van der Waals surface area contributed by atoms with E-state index in [2.05, 4.69) is 25.0 Å². The predicted molar refractivity (Wildman–Crippen MR) is 181 cm³/mol. The van der Waals surface area contributed by atoms with Crippen molar-refractivity contribution >= 4 is 20.2 Å². The van der Waals surface area contributed by atoms with Gasteiger partial charge in [0.1, 0.15) is 0 Å². The van der Waals surface area contributed by atoms with Gasteiger partial charge in [-0.1, -0.05) is 76.4 Å². The van der Waals surface area contributed by atoms with Gasteiger partial charge in [0, 0.05) is 80.3 Å². The number of allylic oxidation sites excluding steroid dienone is 2. The zero-order valence-corrected chi connectivity index (χ0v) is 37.6. The topological polar surface area (TPSA) is 114 Å². The van der Waals surface area contributed by atoms with E-state index >= 15 is 0 Å². The zero-order valence-electron chi connectivity index (χ0n) is 30.3. The summed E-state index contributed by atoms with van der Waals surface area (Å²) in [4.78, 5) is 0. The maximum Gasteiger partial charge on any atom is 0.0467 e. The van der Waals surface area contributed by atoms with Gasteiger partial charge in [0.05, 0.1) is 0 Å². The van der Waals surface area contributed by atoms with E-state index in [1.54, 1.807) is 32.1 Å². The van der Waals surface area contributed by atoms with Gasteiger partial charge >= 0.3 is 0 Å². The Bertz CT molecular complexity index is 1010. The van der Waals surface area contributed by atoms with E-state index in [1.807, 2.05) is 27.7 Å². The minimum Gasteiger partial charge on any atom is -0.774 e. The van der Waals surface area contributed by atoms with Gasteiger partial charge in [-0.05, 0) is 81.4 Å². The fourth-order valence-corrected chi connectivity index (χ4v) is 9.92. The molecule has 0 aromatic heterocycles. The minimum absolute atomic E-state index is 0. The van der Waals surface area contributed by atoms with Crippen molar-refractivity contribution in [1.29, 1.82) is 0 Å². The molecule has 8 bridgehead atoms. The minimum atomic E-state index is -4.07. The normalized spacial score (nSPS) is 38.2. The third-order valence-electron chi connectivity index (χ3n) is 11.3. The van der Waals surface area contributed by atoms with Crippen molar-refractivity contribution in [2.45, 2.75) is 107 Å². The average molecular weight is 833 g/mol. The molecule has 0 saturated heterocycles. The second-order valence-electron chi connectivity index (χ2n) is 13.6. The van der Waals surface area contributed by atoms with Crippen LogP contribution in [0.1, 0.15) is 107 Å². The smallest absolute Gasteiger partial charge is 0.0467 e. The van der Waals surface area contributed by atoms with Crippen LogP contribution in [0.3, 0.4) is 0 Å².